The molecule has 13 nitrogen and oxygen atoms in total. The van der Waals surface area contributed by atoms with Crippen LogP contribution in [0.4, 0.5) is 0 Å². The van der Waals surface area contributed by atoms with Gasteiger partial charge in [-0.15, -0.1) is 5.06 Å². The molecule has 3 aliphatic carbocycles. The number of phenols is 1. The Bertz CT molecular complexity index is 2240. The molecule has 5 atom stereocenters. The second-order valence-electron chi connectivity index (χ2n) is 18.6. The topological polar surface area (TPSA) is 175 Å². The lowest BCUT2D eigenvalue weighted by atomic mass is 9.51. The van der Waals surface area contributed by atoms with Crippen LogP contribution < -0.4 is 14.8 Å². The molecule has 4 bridgehead atoms. The molecule has 7 aliphatic rings. The predicted octanol–water partition coefficient (Wildman–Crippen LogP) is 7.44. The van der Waals surface area contributed by atoms with Crippen molar-refractivity contribution in [1.82, 2.24) is 10.4 Å². The van der Waals surface area contributed by atoms with E-state index in [1.165, 1.54) is 5.57 Å². The number of Topliss-reactive ketones (excluding diaryl/α,β-unsaturated/α-hetero) is 2. The highest BCUT2D eigenvalue weighted by Crippen LogP contribution is 2.68. The van der Waals surface area contributed by atoms with Crippen molar-refractivity contribution in [2.45, 2.75) is 148 Å². The van der Waals surface area contributed by atoms with Gasteiger partial charge in [-0.1, -0.05) is 41.9 Å². The van der Waals surface area contributed by atoms with Crippen LogP contribution in [0.5, 0.6) is 17.2 Å². The second kappa shape index (κ2) is 16.2. The van der Waals surface area contributed by atoms with Gasteiger partial charge in [0.05, 0.1) is 11.2 Å². The number of rotatable bonds is 15. The van der Waals surface area contributed by atoms with E-state index < -0.39 is 57.8 Å². The first kappa shape index (κ1) is 43.8. The van der Waals surface area contributed by atoms with E-state index in [4.69, 9.17) is 19.0 Å². The summed E-state index contributed by atoms with van der Waals surface area (Å²) in [7, 11) is 0. The minimum absolute atomic E-state index is 0.0181. The van der Waals surface area contributed by atoms with E-state index in [-0.39, 0.29) is 54.4 Å². The Kier molecular flexibility index (Phi) is 11.6. The number of nitrogens with zero attached hydrogens (tertiary/aromatic N) is 1. The van der Waals surface area contributed by atoms with E-state index in [1.807, 2.05) is 52.8 Å². The Hall–Kier alpha value is -5.30. The highest BCUT2D eigenvalue weighted by Gasteiger charge is 2.81. The van der Waals surface area contributed by atoms with Crippen molar-refractivity contribution in [2.24, 2.45) is 11.8 Å². The maximum absolute atomic E-state index is 15.0. The molecule has 2 saturated heterocycles. The highest BCUT2D eigenvalue weighted by molar-refractivity contribution is 6.19. The first-order valence-electron chi connectivity index (χ1n) is 21.5. The van der Waals surface area contributed by atoms with E-state index in [0.717, 1.165) is 12.0 Å². The second-order valence-corrected chi connectivity index (χ2v) is 18.6. The molecule has 8 rings (SSSR count). The summed E-state index contributed by atoms with van der Waals surface area (Å²) in [5.74, 6) is -3.34. The van der Waals surface area contributed by atoms with Crippen molar-refractivity contribution in [1.29, 1.82) is 0 Å². The molecule has 3 fully saturated rings. The van der Waals surface area contributed by atoms with Crippen LogP contribution in [0.1, 0.15) is 141 Å². The number of benzene rings is 1. The fraction of sp³-hybridized carbons (Fsp3) is 0.542. The van der Waals surface area contributed by atoms with Crippen molar-refractivity contribution in [3.63, 3.8) is 0 Å². The van der Waals surface area contributed by atoms with Gasteiger partial charge in [0, 0.05) is 60.8 Å². The predicted molar refractivity (Wildman–Crippen MR) is 225 cm³/mol. The van der Waals surface area contributed by atoms with Crippen LogP contribution in [-0.4, -0.2) is 74.4 Å². The standard InChI is InChI=1S/C48H58N2O11/c1-27(2)13-12-21-46(8)22-20-31-39(54)38-40(55)33-25-30-26-34-45(6,7)61-47(43(30)56,48(33,34)59-42(38)32(41(31)58-46)16-15-28(3)4)23-19-29(5)44(57)49-24-11-9-10-14-37(53)60-50-35(51)17-18-36(50)52/h13,15,19-20,22,25,30,34,54H,9-12,14,16-18,21,23-24,26H2,1-8H3,(H,49,57)/b29-19-. The molecule has 13 heteroatoms. The number of nitrogens with one attached hydrogen (secondary N) is 1. The maximum atomic E-state index is 15.0. The van der Waals surface area contributed by atoms with E-state index in [0.29, 0.717) is 78.2 Å². The summed E-state index contributed by atoms with van der Waals surface area (Å²) >= 11 is 0. The SMILES string of the molecule is CC(C)=CCCC1(C)C=Cc2c(O)c3c(c(CC=C(C)C)c2O1)OC12C(=CC4CC1C(C)(C)OC2(C/C=C(/C)C(=O)NCCCCCC(=O)ON1C(=O)CCC1=O)C4=O)C3=O. The number of hydroxylamine groups is 2. The van der Waals surface area contributed by atoms with Gasteiger partial charge < -0.3 is 29.5 Å². The van der Waals surface area contributed by atoms with Gasteiger partial charge in [0.25, 0.3) is 11.8 Å². The quantitative estimate of drug-likeness (QED) is 0.0778. The minimum Gasteiger partial charge on any atom is -0.506 e. The molecule has 0 radical (unpaired) electrons. The van der Waals surface area contributed by atoms with Crippen molar-refractivity contribution in [3.8, 4) is 17.2 Å². The molecule has 1 spiro atoms. The average Bonchev–Trinajstić information content (AvgIpc) is 3.58. The van der Waals surface area contributed by atoms with Crippen molar-refractivity contribution in [3.05, 3.63) is 69.4 Å². The summed E-state index contributed by atoms with van der Waals surface area (Å²) in [6.07, 6.45) is 15.2. The largest absolute Gasteiger partial charge is 0.506 e. The van der Waals surface area contributed by atoms with Crippen LogP contribution in [0.15, 0.2) is 52.7 Å². The van der Waals surface area contributed by atoms with E-state index >= 15 is 4.79 Å². The van der Waals surface area contributed by atoms with Crippen molar-refractivity contribution < 1.29 is 52.9 Å². The molecule has 3 amide bonds. The van der Waals surface area contributed by atoms with E-state index in [9.17, 15) is 29.1 Å². The van der Waals surface area contributed by atoms with Crippen molar-refractivity contribution in [2.75, 3.05) is 6.54 Å². The molecule has 0 aromatic heterocycles. The summed E-state index contributed by atoms with van der Waals surface area (Å²) in [4.78, 5) is 83.6. The van der Waals surface area contributed by atoms with Crippen LogP contribution in [0, 0.1) is 11.8 Å². The van der Waals surface area contributed by atoms with Crippen LogP contribution >= 0.6 is 0 Å². The number of phenolic OH excluding ortho intramolecular Hbond substituents is 1. The monoisotopic (exact) mass is 838 g/mol. The number of unbranched alkanes of at least 4 members (excludes halogenated alkanes) is 2. The van der Waals surface area contributed by atoms with Gasteiger partial charge in [-0.25, -0.2) is 4.79 Å². The number of ether oxygens (including phenoxy) is 3. The number of imide groups is 1. The zero-order chi connectivity index (χ0) is 44.2. The normalized spacial score (nSPS) is 27.7. The Balaban J connectivity index is 1.14. The summed E-state index contributed by atoms with van der Waals surface area (Å²) < 4.78 is 21.0. The van der Waals surface area contributed by atoms with Gasteiger partial charge in [0.2, 0.25) is 5.91 Å². The number of aromatic hydroxyl groups is 1. The molecule has 4 aliphatic heterocycles. The molecular formula is C48H58N2O11. The van der Waals surface area contributed by atoms with Gasteiger partial charge in [0.1, 0.15) is 28.4 Å². The lowest BCUT2D eigenvalue weighted by molar-refractivity contribution is -0.197. The van der Waals surface area contributed by atoms with Gasteiger partial charge in [-0.2, -0.15) is 0 Å². The Morgan fingerprint density at radius 1 is 0.934 bits per heavy atom. The zero-order valence-electron chi connectivity index (χ0n) is 36.6. The van der Waals surface area contributed by atoms with Crippen LogP contribution in [-0.2, 0) is 40.0 Å². The number of amides is 3. The third-order valence-electron chi connectivity index (χ3n) is 13.0. The molecule has 5 unspecified atom stereocenters. The number of hydrogen-bond acceptors (Lipinski definition) is 11. The first-order chi connectivity index (χ1) is 28.7. The molecule has 1 aromatic rings. The summed E-state index contributed by atoms with van der Waals surface area (Å²) in [6, 6.07) is 0. The summed E-state index contributed by atoms with van der Waals surface area (Å²) in [6.45, 7) is 15.9. The number of allylic oxidation sites excluding steroid dienone is 5. The van der Waals surface area contributed by atoms with Gasteiger partial charge >= 0.3 is 5.97 Å². The Morgan fingerprint density at radius 2 is 1.64 bits per heavy atom. The number of carbonyl (C=O) groups excluding carboxylic acids is 6. The third-order valence-corrected chi connectivity index (χ3v) is 13.0. The van der Waals surface area contributed by atoms with Gasteiger partial charge in [-0.05, 0) is 106 Å². The number of fused-ring (bicyclic) bond motifs is 2. The fourth-order valence-electron chi connectivity index (χ4n) is 9.90. The molecule has 4 heterocycles. The maximum Gasteiger partial charge on any atom is 0.333 e. The molecule has 61 heavy (non-hydrogen) atoms. The number of ketones is 2. The lowest BCUT2D eigenvalue weighted by Crippen LogP contribution is -2.72. The van der Waals surface area contributed by atoms with Crippen LogP contribution in [0.25, 0.3) is 6.08 Å². The summed E-state index contributed by atoms with van der Waals surface area (Å²) in [5, 5.41) is 15.4. The molecular weight excluding hydrogens is 781 g/mol. The molecule has 1 saturated carbocycles. The molecule has 326 valence electrons. The van der Waals surface area contributed by atoms with Gasteiger partial charge in [-0.3, -0.25) is 24.0 Å². The van der Waals surface area contributed by atoms with Gasteiger partial charge in [0.15, 0.2) is 22.8 Å². The fourth-order valence-corrected chi connectivity index (χ4v) is 9.90. The van der Waals surface area contributed by atoms with Crippen LogP contribution in [0.3, 0.4) is 0 Å². The van der Waals surface area contributed by atoms with E-state index in [1.54, 1.807) is 19.1 Å². The minimum atomic E-state index is -1.65. The zero-order valence-corrected chi connectivity index (χ0v) is 36.6. The highest BCUT2D eigenvalue weighted by atomic mass is 16.7. The average molecular weight is 839 g/mol. The van der Waals surface area contributed by atoms with Crippen LogP contribution in [0.2, 0.25) is 0 Å². The Morgan fingerprint density at radius 3 is 2.33 bits per heavy atom. The smallest absolute Gasteiger partial charge is 0.333 e. The number of hydrogen-bond donors (Lipinski definition) is 2. The molecule has 2 N–H and O–H groups in total. The summed E-state index contributed by atoms with van der Waals surface area (Å²) in [5.41, 5.74) is -0.864. The Labute approximate surface area is 357 Å². The van der Waals surface area contributed by atoms with E-state index in [2.05, 4.69) is 25.2 Å². The third kappa shape index (κ3) is 7.57. The lowest BCUT2D eigenvalue weighted by Gasteiger charge is -2.56. The first-order valence-corrected chi connectivity index (χ1v) is 21.5. The van der Waals surface area contributed by atoms with Crippen molar-refractivity contribution >= 4 is 41.3 Å². The molecule has 1 aromatic carbocycles. The number of carbonyl (C=O) groups is 6.